The lowest BCUT2D eigenvalue weighted by molar-refractivity contribution is -0.142. The van der Waals surface area contributed by atoms with E-state index in [0.29, 0.717) is 22.4 Å². The SMILES string of the molecule is Cc1ccc(S(=O)(=O)N2CCN(C(=O)[C@H]3Cc4ccccc4C(=O)O3)CC2)c(C)c1. The zero-order chi connectivity index (χ0) is 21.5. The number of ether oxygens (including phenoxy) is 1. The van der Waals surface area contributed by atoms with Gasteiger partial charge >= 0.3 is 5.97 Å². The van der Waals surface area contributed by atoms with Crippen molar-refractivity contribution in [1.82, 2.24) is 9.21 Å². The summed E-state index contributed by atoms with van der Waals surface area (Å²) in [6.07, 6.45) is -0.531. The topological polar surface area (TPSA) is 84.0 Å². The van der Waals surface area contributed by atoms with Crippen molar-refractivity contribution in [1.29, 1.82) is 0 Å². The van der Waals surface area contributed by atoms with Crippen LogP contribution >= 0.6 is 0 Å². The van der Waals surface area contributed by atoms with Crippen LogP contribution in [0.5, 0.6) is 0 Å². The van der Waals surface area contributed by atoms with Gasteiger partial charge in [-0.25, -0.2) is 13.2 Å². The van der Waals surface area contributed by atoms with E-state index in [4.69, 9.17) is 4.74 Å². The first-order valence-corrected chi connectivity index (χ1v) is 11.4. The molecule has 1 saturated heterocycles. The van der Waals surface area contributed by atoms with E-state index in [9.17, 15) is 18.0 Å². The number of esters is 1. The van der Waals surface area contributed by atoms with E-state index >= 15 is 0 Å². The lowest BCUT2D eigenvalue weighted by atomic mass is 9.98. The molecule has 0 aromatic heterocycles. The summed E-state index contributed by atoms with van der Waals surface area (Å²) >= 11 is 0. The van der Waals surface area contributed by atoms with E-state index in [1.54, 1.807) is 36.1 Å². The fourth-order valence-electron chi connectivity index (χ4n) is 4.05. The first-order chi connectivity index (χ1) is 14.3. The molecule has 7 nitrogen and oxygen atoms in total. The van der Waals surface area contributed by atoms with Crippen molar-refractivity contribution in [2.75, 3.05) is 26.2 Å². The Bertz CT molecular complexity index is 1100. The maximum absolute atomic E-state index is 13.0. The molecule has 2 aliphatic heterocycles. The third-order valence-electron chi connectivity index (χ3n) is 5.67. The molecule has 0 spiro atoms. The molecule has 158 valence electrons. The Morgan fingerprint density at radius 2 is 1.73 bits per heavy atom. The van der Waals surface area contributed by atoms with Gasteiger partial charge in [-0.15, -0.1) is 0 Å². The number of carbonyl (C=O) groups is 2. The molecule has 2 heterocycles. The number of carbonyl (C=O) groups excluding carboxylic acids is 2. The van der Waals surface area contributed by atoms with Gasteiger partial charge in [0.1, 0.15) is 0 Å². The summed E-state index contributed by atoms with van der Waals surface area (Å²) < 4.78 is 32.8. The van der Waals surface area contributed by atoms with Crippen LogP contribution in [0.2, 0.25) is 0 Å². The zero-order valence-corrected chi connectivity index (χ0v) is 17.8. The predicted octanol–water partition coefficient (Wildman–Crippen LogP) is 1.92. The first-order valence-electron chi connectivity index (χ1n) is 9.92. The summed E-state index contributed by atoms with van der Waals surface area (Å²) in [5, 5.41) is 0. The number of cyclic esters (lactones) is 1. The molecule has 1 fully saturated rings. The van der Waals surface area contributed by atoms with Crippen LogP contribution in [0.1, 0.15) is 27.0 Å². The Labute approximate surface area is 176 Å². The van der Waals surface area contributed by atoms with Gasteiger partial charge in [-0.3, -0.25) is 4.79 Å². The molecule has 2 aromatic carbocycles. The predicted molar refractivity (Wildman–Crippen MR) is 111 cm³/mol. The molecule has 2 aromatic rings. The number of aryl methyl sites for hydroxylation is 2. The van der Waals surface area contributed by atoms with E-state index in [1.165, 1.54) is 4.31 Å². The van der Waals surface area contributed by atoms with Crippen molar-refractivity contribution in [2.24, 2.45) is 0 Å². The monoisotopic (exact) mass is 428 g/mol. The molecule has 0 N–H and O–H groups in total. The minimum Gasteiger partial charge on any atom is -0.448 e. The number of fused-ring (bicyclic) bond motifs is 1. The summed E-state index contributed by atoms with van der Waals surface area (Å²) in [6.45, 7) is 4.65. The molecule has 8 heteroatoms. The molecular weight excluding hydrogens is 404 g/mol. The number of rotatable bonds is 3. The average Bonchev–Trinajstić information content (AvgIpc) is 2.73. The van der Waals surface area contributed by atoms with Gasteiger partial charge in [0.05, 0.1) is 10.5 Å². The van der Waals surface area contributed by atoms with E-state index in [-0.39, 0.29) is 32.1 Å². The summed E-state index contributed by atoms with van der Waals surface area (Å²) in [5.74, 6) is -0.771. The quantitative estimate of drug-likeness (QED) is 0.698. The van der Waals surface area contributed by atoms with Crippen LogP contribution in [-0.2, 0) is 26.0 Å². The van der Waals surface area contributed by atoms with Crippen molar-refractivity contribution in [3.63, 3.8) is 0 Å². The lowest BCUT2D eigenvalue weighted by Crippen LogP contribution is -2.54. The molecule has 0 unspecified atom stereocenters. The summed E-state index contributed by atoms with van der Waals surface area (Å²) in [4.78, 5) is 27.0. The van der Waals surface area contributed by atoms with Crippen LogP contribution in [-0.4, -0.2) is 61.8 Å². The maximum Gasteiger partial charge on any atom is 0.339 e. The van der Waals surface area contributed by atoms with Crippen molar-refractivity contribution in [2.45, 2.75) is 31.3 Å². The van der Waals surface area contributed by atoms with Crippen molar-refractivity contribution in [3.05, 3.63) is 64.7 Å². The van der Waals surface area contributed by atoms with E-state index in [1.807, 2.05) is 25.1 Å². The molecule has 0 bridgehead atoms. The highest BCUT2D eigenvalue weighted by Gasteiger charge is 2.37. The van der Waals surface area contributed by atoms with Gasteiger partial charge in [0, 0.05) is 32.6 Å². The summed E-state index contributed by atoms with van der Waals surface area (Å²) in [6, 6.07) is 12.4. The number of hydrogen-bond donors (Lipinski definition) is 0. The Balaban J connectivity index is 1.43. The normalized spacial score (nSPS) is 19.9. The minimum absolute atomic E-state index is 0.207. The number of piperazine rings is 1. The van der Waals surface area contributed by atoms with E-state index < -0.39 is 22.1 Å². The van der Waals surface area contributed by atoms with Gasteiger partial charge < -0.3 is 9.64 Å². The van der Waals surface area contributed by atoms with Gasteiger partial charge in [0.15, 0.2) is 6.10 Å². The van der Waals surface area contributed by atoms with Gasteiger partial charge in [0.2, 0.25) is 10.0 Å². The Morgan fingerprint density at radius 3 is 2.43 bits per heavy atom. The first kappa shape index (κ1) is 20.6. The van der Waals surface area contributed by atoms with Crippen LogP contribution in [0.3, 0.4) is 0 Å². The highest BCUT2D eigenvalue weighted by Crippen LogP contribution is 2.24. The standard InChI is InChI=1S/C22H24N2O5S/c1-15-7-8-20(16(2)13-15)30(27,28)24-11-9-23(10-12-24)21(25)19-14-17-5-3-4-6-18(17)22(26)29-19/h3-8,13,19H,9-12,14H2,1-2H3/t19-/m1/s1. The van der Waals surface area contributed by atoms with Crippen molar-refractivity contribution in [3.8, 4) is 0 Å². The molecule has 1 amide bonds. The Hall–Kier alpha value is -2.71. The largest absolute Gasteiger partial charge is 0.448 e. The van der Waals surface area contributed by atoms with E-state index in [0.717, 1.165) is 11.1 Å². The molecule has 0 radical (unpaired) electrons. The second-order valence-electron chi connectivity index (χ2n) is 7.75. The number of nitrogens with zero attached hydrogens (tertiary/aromatic N) is 2. The Kier molecular flexibility index (Phi) is 5.38. The molecular formula is C22H24N2O5S. The lowest BCUT2D eigenvalue weighted by Gasteiger charge is -2.36. The van der Waals surface area contributed by atoms with Gasteiger partial charge in [0.25, 0.3) is 5.91 Å². The Morgan fingerprint density at radius 1 is 1.03 bits per heavy atom. The fraction of sp³-hybridized carbons (Fsp3) is 0.364. The number of benzene rings is 2. The molecule has 0 aliphatic carbocycles. The zero-order valence-electron chi connectivity index (χ0n) is 17.0. The minimum atomic E-state index is -3.62. The third-order valence-corrected chi connectivity index (χ3v) is 7.72. The molecule has 0 saturated carbocycles. The fourth-order valence-corrected chi connectivity index (χ4v) is 5.68. The maximum atomic E-state index is 13.0. The highest BCUT2D eigenvalue weighted by atomic mass is 32.2. The van der Waals surface area contributed by atoms with Gasteiger partial charge in [-0.1, -0.05) is 35.9 Å². The summed E-state index contributed by atoms with van der Waals surface area (Å²) in [5.41, 5.74) is 3.00. The van der Waals surface area contributed by atoms with Crippen molar-refractivity contribution < 1.29 is 22.7 Å². The molecule has 2 aliphatic rings. The third kappa shape index (κ3) is 3.73. The van der Waals surface area contributed by atoms with E-state index in [2.05, 4.69) is 0 Å². The highest BCUT2D eigenvalue weighted by molar-refractivity contribution is 7.89. The number of amides is 1. The summed E-state index contributed by atoms with van der Waals surface area (Å²) in [7, 11) is -3.62. The van der Waals surface area contributed by atoms with Crippen LogP contribution in [0.15, 0.2) is 47.4 Å². The second-order valence-corrected chi connectivity index (χ2v) is 9.66. The number of hydrogen-bond acceptors (Lipinski definition) is 5. The van der Waals surface area contributed by atoms with Gasteiger partial charge in [-0.2, -0.15) is 4.31 Å². The number of sulfonamides is 1. The molecule has 30 heavy (non-hydrogen) atoms. The van der Waals surface area contributed by atoms with Crippen LogP contribution in [0.4, 0.5) is 0 Å². The average molecular weight is 429 g/mol. The van der Waals surface area contributed by atoms with Crippen LogP contribution in [0.25, 0.3) is 0 Å². The van der Waals surface area contributed by atoms with Crippen LogP contribution in [0, 0.1) is 13.8 Å². The van der Waals surface area contributed by atoms with Crippen LogP contribution < -0.4 is 0 Å². The second kappa shape index (κ2) is 7.85. The van der Waals surface area contributed by atoms with Crippen molar-refractivity contribution >= 4 is 21.9 Å². The van der Waals surface area contributed by atoms with Gasteiger partial charge in [-0.05, 0) is 37.1 Å². The smallest absolute Gasteiger partial charge is 0.339 e. The molecule has 1 atom stereocenters. The molecule has 4 rings (SSSR count).